The van der Waals surface area contributed by atoms with Gasteiger partial charge in [-0.2, -0.15) is 13.2 Å². The van der Waals surface area contributed by atoms with E-state index in [1.807, 2.05) is 0 Å². The number of methoxy groups -OCH3 is 2. The zero-order valence-electron chi connectivity index (χ0n) is 10.6. The number of ether oxygens (including phenoxy) is 2. The molecule has 0 saturated carbocycles. The maximum absolute atomic E-state index is 12.4. The summed E-state index contributed by atoms with van der Waals surface area (Å²) in [6, 6.07) is 2.68. The lowest BCUT2D eigenvalue weighted by Gasteiger charge is -2.21. The average molecular weight is 273 g/mol. The van der Waals surface area contributed by atoms with Gasteiger partial charge in [0.1, 0.15) is 0 Å². The molecule has 0 N–H and O–H groups in total. The SMILES string of the molecule is COc1cc2c(cc1OC)C[C@H](CC(F)(F)F)N=C2. The monoisotopic (exact) mass is 273 g/mol. The van der Waals surface area contributed by atoms with E-state index in [-0.39, 0.29) is 6.42 Å². The average Bonchev–Trinajstić information content (AvgIpc) is 2.35. The van der Waals surface area contributed by atoms with E-state index >= 15 is 0 Å². The van der Waals surface area contributed by atoms with Gasteiger partial charge in [0.2, 0.25) is 0 Å². The first-order valence-corrected chi connectivity index (χ1v) is 5.78. The standard InChI is InChI=1S/C13H14F3NO2/c1-18-11-4-8-3-10(6-13(14,15)16)17-7-9(8)5-12(11)19-2/h4-5,7,10H,3,6H2,1-2H3/t10-/m1/s1. The summed E-state index contributed by atoms with van der Waals surface area (Å²) >= 11 is 0. The number of hydrogen-bond acceptors (Lipinski definition) is 3. The Morgan fingerprint density at radius 3 is 2.42 bits per heavy atom. The molecule has 1 atom stereocenters. The largest absolute Gasteiger partial charge is 0.493 e. The topological polar surface area (TPSA) is 30.8 Å². The Kier molecular flexibility index (Phi) is 3.68. The second-order valence-electron chi connectivity index (χ2n) is 4.36. The van der Waals surface area contributed by atoms with E-state index in [9.17, 15) is 13.2 Å². The van der Waals surface area contributed by atoms with Crippen molar-refractivity contribution in [3.05, 3.63) is 23.3 Å². The van der Waals surface area contributed by atoms with Gasteiger partial charge < -0.3 is 9.47 Å². The van der Waals surface area contributed by atoms with Gasteiger partial charge in [-0.15, -0.1) is 0 Å². The normalized spacial score (nSPS) is 18.1. The van der Waals surface area contributed by atoms with Gasteiger partial charge in [0.15, 0.2) is 11.5 Å². The predicted octanol–water partition coefficient (Wildman–Crippen LogP) is 3.00. The lowest BCUT2D eigenvalue weighted by Crippen LogP contribution is -2.23. The molecule has 0 bridgehead atoms. The minimum Gasteiger partial charge on any atom is -0.493 e. The van der Waals surface area contributed by atoms with Crippen molar-refractivity contribution in [2.24, 2.45) is 4.99 Å². The van der Waals surface area contributed by atoms with Crippen molar-refractivity contribution < 1.29 is 22.6 Å². The van der Waals surface area contributed by atoms with E-state index in [2.05, 4.69) is 4.99 Å². The molecule has 0 radical (unpaired) electrons. The van der Waals surface area contributed by atoms with Crippen LogP contribution >= 0.6 is 0 Å². The third-order valence-electron chi connectivity index (χ3n) is 2.99. The lowest BCUT2D eigenvalue weighted by atomic mass is 9.95. The van der Waals surface area contributed by atoms with Gasteiger partial charge in [-0.1, -0.05) is 0 Å². The van der Waals surface area contributed by atoms with Crippen LogP contribution in [0, 0.1) is 0 Å². The van der Waals surface area contributed by atoms with Crippen LogP contribution in [0.3, 0.4) is 0 Å². The van der Waals surface area contributed by atoms with Gasteiger partial charge in [0.05, 0.1) is 26.7 Å². The molecule has 104 valence electrons. The maximum Gasteiger partial charge on any atom is 0.391 e. The number of hydrogen-bond donors (Lipinski definition) is 0. The number of nitrogens with zero attached hydrogens (tertiary/aromatic N) is 1. The molecule has 1 aromatic rings. The van der Waals surface area contributed by atoms with Crippen LogP contribution in [-0.4, -0.2) is 32.7 Å². The minimum atomic E-state index is -4.20. The van der Waals surface area contributed by atoms with Gasteiger partial charge in [-0.25, -0.2) is 0 Å². The molecule has 0 unspecified atom stereocenters. The van der Waals surface area contributed by atoms with Crippen LogP contribution in [-0.2, 0) is 6.42 Å². The highest BCUT2D eigenvalue weighted by Gasteiger charge is 2.33. The Bertz CT molecular complexity index is 497. The quantitative estimate of drug-likeness (QED) is 0.847. The Labute approximate surface area is 109 Å². The Hall–Kier alpha value is -1.72. The molecule has 3 nitrogen and oxygen atoms in total. The first-order valence-electron chi connectivity index (χ1n) is 5.78. The lowest BCUT2D eigenvalue weighted by molar-refractivity contribution is -0.137. The summed E-state index contributed by atoms with van der Waals surface area (Å²) in [6.07, 6.45) is -3.38. The first-order chi connectivity index (χ1) is 8.93. The molecule has 0 saturated heterocycles. The third-order valence-corrected chi connectivity index (χ3v) is 2.99. The molecule has 0 amide bonds. The number of rotatable bonds is 3. The first kappa shape index (κ1) is 13.7. The minimum absolute atomic E-state index is 0.256. The van der Waals surface area contributed by atoms with Crippen LogP contribution < -0.4 is 9.47 Å². The van der Waals surface area contributed by atoms with E-state index in [1.165, 1.54) is 20.4 Å². The number of alkyl halides is 3. The highest BCUT2D eigenvalue weighted by Crippen LogP contribution is 2.34. The molecule has 1 aliphatic heterocycles. The van der Waals surface area contributed by atoms with Crippen molar-refractivity contribution in [3.63, 3.8) is 0 Å². The van der Waals surface area contributed by atoms with Crippen molar-refractivity contribution >= 4 is 6.21 Å². The van der Waals surface area contributed by atoms with Gasteiger partial charge in [0.25, 0.3) is 0 Å². The summed E-state index contributed by atoms with van der Waals surface area (Å²) in [5.41, 5.74) is 1.57. The fraction of sp³-hybridized carbons (Fsp3) is 0.462. The number of halogens is 3. The highest BCUT2D eigenvalue weighted by molar-refractivity contribution is 5.84. The fourth-order valence-corrected chi connectivity index (χ4v) is 2.12. The Balaban J connectivity index is 2.26. The van der Waals surface area contributed by atoms with Crippen molar-refractivity contribution in [3.8, 4) is 11.5 Å². The van der Waals surface area contributed by atoms with Crippen LogP contribution in [0.5, 0.6) is 11.5 Å². The third kappa shape index (κ3) is 3.19. The Morgan fingerprint density at radius 1 is 1.21 bits per heavy atom. The molecule has 0 spiro atoms. The second kappa shape index (κ2) is 5.11. The summed E-state index contributed by atoms with van der Waals surface area (Å²) in [5.74, 6) is 1.06. The summed E-state index contributed by atoms with van der Waals surface area (Å²) < 4.78 is 47.4. The van der Waals surface area contributed by atoms with Crippen LogP contribution in [0.25, 0.3) is 0 Å². The smallest absolute Gasteiger partial charge is 0.391 e. The number of aliphatic imine (C=N–C) groups is 1. The summed E-state index contributed by atoms with van der Waals surface area (Å²) in [6.45, 7) is 0. The molecule has 0 fully saturated rings. The molecule has 1 heterocycles. The van der Waals surface area contributed by atoms with Gasteiger partial charge in [-0.3, -0.25) is 4.99 Å². The molecule has 0 aliphatic carbocycles. The van der Waals surface area contributed by atoms with E-state index < -0.39 is 18.6 Å². The molecule has 19 heavy (non-hydrogen) atoms. The fourth-order valence-electron chi connectivity index (χ4n) is 2.12. The zero-order chi connectivity index (χ0) is 14.0. The molecule has 0 aromatic heterocycles. The van der Waals surface area contributed by atoms with Crippen molar-refractivity contribution in [1.29, 1.82) is 0 Å². The van der Waals surface area contributed by atoms with Crippen molar-refractivity contribution in [1.82, 2.24) is 0 Å². The second-order valence-corrected chi connectivity index (χ2v) is 4.36. The number of benzene rings is 1. The summed E-state index contributed by atoms with van der Waals surface area (Å²) in [5, 5.41) is 0. The molecule has 1 aromatic carbocycles. The Morgan fingerprint density at radius 2 is 1.84 bits per heavy atom. The van der Waals surface area contributed by atoms with E-state index in [0.717, 1.165) is 11.1 Å². The maximum atomic E-state index is 12.4. The zero-order valence-corrected chi connectivity index (χ0v) is 10.6. The van der Waals surface area contributed by atoms with E-state index in [1.54, 1.807) is 12.1 Å². The van der Waals surface area contributed by atoms with Crippen LogP contribution in [0.1, 0.15) is 17.5 Å². The van der Waals surface area contributed by atoms with Crippen molar-refractivity contribution in [2.45, 2.75) is 25.1 Å². The molecular weight excluding hydrogens is 259 g/mol. The number of fused-ring (bicyclic) bond motifs is 1. The van der Waals surface area contributed by atoms with Crippen LogP contribution in [0.2, 0.25) is 0 Å². The molecule has 1 aliphatic rings. The molecule has 2 rings (SSSR count). The van der Waals surface area contributed by atoms with E-state index in [4.69, 9.17) is 9.47 Å². The highest BCUT2D eigenvalue weighted by atomic mass is 19.4. The van der Waals surface area contributed by atoms with Gasteiger partial charge >= 0.3 is 6.18 Å². The van der Waals surface area contributed by atoms with Crippen molar-refractivity contribution in [2.75, 3.05) is 14.2 Å². The van der Waals surface area contributed by atoms with Crippen LogP contribution in [0.4, 0.5) is 13.2 Å². The summed E-state index contributed by atoms with van der Waals surface area (Å²) in [7, 11) is 3.00. The molecular formula is C13H14F3NO2. The molecule has 6 heteroatoms. The van der Waals surface area contributed by atoms with Gasteiger partial charge in [0, 0.05) is 6.21 Å². The van der Waals surface area contributed by atoms with E-state index in [0.29, 0.717) is 11.5 Å². The van der Waals surface area contributed by atoms with Gasteiger partial charge in [-0.05, 0) is 29.7 Å². The summed E-state index contributed by atoms with van der Waals surface area (Å²) in [4.78, 5) is 3.95. The predicted molar refractivity (Wildman–Crippen MR) is 65.3 cm³/mol. The van der Waals surface area contributed by atoms with Crippen LogP contribution in [0.15, 0.2) is 17.1 Å².